The largest absolute Gasteiger partial charge is 0.508 e. The second-order valence-corrected chi connectivity index (χ2v) is 7.41. The number of aromatic nitrogens is 2. The van der Waals surface area contributed by atoms with Gasteiger partial charge in [-0.05, 0) is 18.6 Å². The summed E-state index contributed by atoms with van der Waals surface area (Å²) in [6.07, 6.45) is 1.21. The number of phenolic OH excluding ortho intramolecular Hbond substituents is 1. The van der Waals surface area contributed by atoms with E-state index in [0.717, 1.165) is 11.9 Å². The fourth-order valence-electron chi connectivity index (χ4n) is 4.24. The molecule has 2 aromatic heterocycles. The van der Waals surface area contributed by atoms with Gasteiger partial charge in [-0.15, -0.1) is 0 Å². The lowest BCUT2D eigenvalue weighted by atomic mass is 9.86. The smallest absolute Gasteiger partial charge is 0.343 e. The van der Waals surface area contributed by atoms with Crippen molar-refractivity contribution in [2.24, 2.45) is 10.7 Å². The van der Waals surface area contributed by atoms with Gasteiger partial charge in [0.25, 0.3) is 5.56 Å². The normalized spacial score (nSPS) is 19.6. The molecular formula is C21H18N4O5. The number of pyridine rings is 2. The zero-order valence-corrected chi connectivity index (χ0v) is 16.0. The van der Waals surface area contributed by atoms with E-state index in [0.29, 0.717) is 28.0 Å². The monoisotopic (exact) mass is 406 g/mol. The molecule has 0 aliphatic carbocycles. The number of hydrogen-bond acceptors (Lipinski definition) is 7. The highest BCUT2D eigenvalue weighted by atomic mass is 16.6. The summed E-state index contributed by atoms with van der Waals surface area (Å²) in [4.78, 5) is 34.1. The second kappa shape index (κ2) is 6.14. The second-order valence-electron chi connectivity index (χ2n) is 7.41. The van der Waals surface area contributed by atoms with Gasteiger partial charge in [0.2, 0.25) is 0 Å². The number of esters is 1. The Bertz CT molecular complexity index is 1340. The van der Waals surface area contributed by atoms with E-state index in [1.165, 1.54) is 12.1 Å². The summed E-state index contributed by atoms with van der Waals surface area (Å²) < 4.78 is 6.63. The molecule has 3 aromatic rings. The van der Waals surface area contributed by atoms with Crippen LogP contribution in [0.3, 0.4) is 0 Å². The van der Waals surface area contributed by atoms with Crippen LogP contribution in [0.1, 0.15) is 30.0 Å². The maximum atomic E-state index is 13.2. The quantitative estimate of drug-likeness (QED) is 0.260. The molecule has 2 aliphatic heterocycles. The van der Waals surface area contributed by atoms with Crippen LogP contribution < -0.4 is 11.3 Å². The summed E-state index contributed by atoms with van der Waals surface area (Å²) >= 11 is 0. The third-order valence-electron chi connectivity index (χ3n) is 5.80. The van der Waals surface area contributed by atoms with Crippen molar-refractivity contribution in [1.29, 1.82) is 0 Å². The molecule has 152 valence electrons. The number of nitrogens with two attached hydrogens (primary N) is 1. The van der Waals surface area contributed by atoms with Crippen LogP contribution in [-0.4, -0.2) is 32.1 Å². The SMILES string of the molecule is CCC1(O)C(=O)OCc2c1cc1n(c2=O)Cc2cc3c(N=CN)cc(O)cc3nc2-1. The van der Waals surface area contributed by atoms with Gasteiger partial charge in [0.1, 0.15) is 12.4 Å². The van der Waals surface area contributed by atoms with Crippen LogP contribution in [0, 0.1) is 0 Å². The molecule has 0 spiro atoms. The molecule has 0 amide bonds. The molecule has 0 radical (unpaired) electrons. The number of nitrogens with zero attached hydrogens (tertiary/aromatic N) is 3. The average molecular weight is 406 g/mol. The highest BCUT2D eigenvalue weighted by Crippen LogP contribution is 2.40. The van der Waals surface area contributed by atoms with Crippen LogP contribution in [-0.2, 0) is 28.3 Å². The van der Waals surface area contributed by atoms with Crippen LogP contribution >= 0.6 is 0 Å². The molecule has 30 heavy (non-hydrogen) atoms. The molecule has 9 heteroatoms. The molecule has 1 unspecified atom stereocenters. The van der Waals surface area contributed by atoms with Gasteiger partial charge in [0, 0.05) is 28.6 Å². The lowest BCUT2D eigenvalue weighted by Gasteiger charge is -2.31. The predicted molar refractivity (Wildman–Crippen MR) is 109 cm³/mol. The Hall–Kier alpha value is -3.72. The van der Waals surface area contributed by atoms with E-state index in [1.807, 2.05) is 6.07 Å². The molecule has 1 atom stereocenters. The molecule has 1 aromatic carbocycles. The van der Waals surface area contributed by atoms with E-state index in [2.05, 4.69) is 9.98 Å². The number of hydrogen-bond donors (Lipinski definition) is 3. The molecule has 4 N–H and O–H groups in total. The van der Waals surface area contributed by atoms with Gasteiger partial charge >= 0.3 is 5.97 Å². The van der Waals surface area contributed by atoms with Crippen molar-refractivity contribution in [1.82, 2.24) is 9.55 Å². The Balaban J connectivity index is 1.79. The van der Waals surface area contributed by atoms with Crippen LogP contribution in [0.4, 0.5) is 5.69 Å². The van der Waals surface area contributed by atoms with Crippen LogP contribution in [0.15, 0.2) is 34.1 Å². The summed E-state index contributed by atoms with van der Waals surface area (Å²) in [5, 5.41) is 21.6. The van der Waals surface area contributed by atoms with Crippen molar-refractivity contribution in [3.8, 4) is 17.1 Å². The Morgan fingerprint density at radius 3 is 2.87 bits per heavy atom. The van der Waals surface area contributed by atoms with Gasteiger partial charge < -0.3 is 25.3 Å². The standard InChI is InChI=1S/C21H18N4O5/c1-2-21(29)14-6-17-18-10(7-25(17)19(27)13(14)8-30-20(21)28)3-12-15(23-9-22)4-11(26)5-16(12)24-18/h3-6,9,26,29H,2,7-8H2,1H3,(H2,22,23). The first kappa shape index (κ1) is 18.3. The molecule has 5 rings (SSSR count). The molecule has 0 saturated carbocycles. The average Bonchev–Trinajstić information content (AvgIpc) is 3.08. The molecule has 0 saturated heterocycles. The van der Waals surface area contributed by atoms with Gasteiger partial charge in [-0.2, -0.15) is 0 Å². The molecule has 0 bridgehead atoms. The maximum Gasteiger partial charge on any atom is 0.343 e. The lowest BCUT2D eigenvalue weighted by Crippen LogP contribution is -2.44. The minimum atomic E-state index is -1.87. The highest BCUT2D eigenvalue weighted by molar-refractivity contribution is 5.95. The number of fused-ring (bicyclic) bond motifs is 5. The zero-order valence-electron chi connectivity index (χ0n) is 16.0. The third kappa shape index (κ3) is 2.32. The number of aliphatic imine (C=N–C) groups is 1. The Morgan fingerprint density at radius 2 is 2.13 bits per heavy atom. The van der Waals surface area contributed by atoms with E-state index in [4.69, 9.17) is 10.5 Å². The van der Waals surface area contributed by atoms with Gasteiger partial charge in [0.05, 0.1) is 41.0 Å². The van der Waals surface area contributed by atoms with Crippen molar-refractivity contribution in [2.75, 3.05) is 0 Å². The van der Waals surface area contributed by atoms with Crippen molar-refractivity contribution in [3.05, 3.63) is 51.3 Å². The number of carbonyl (C=O) groups is 1. The van der Waals surface area contributed by atoms with Gasteiger partial charge in [-0.25, -0.2) is 14.8 Å². The van der Waals surface area contributed by atoms with Gasteiger partial charge in [0.15, 0.2) is 5.60 Å². The van der Waals surface area contributed by atoms with E-state index >= 15 is 0 Å². The number of cyclic esters (lactones) is 1. The summed E-state index contributed by atoms with van der Waals surface area (Å²) in [5.74, 6) is -0.778. The fraction of sp³-hybridized carbons (Fsp3) is 0.238. The maximum absolute atomic E-state index is 13.2. The zero-order chi connectivity index (χ0) is 21.2. The molecule has 4 heterocycles. The third-order valence-corrected chi connectivity index (χ3v) is 5.80. The number of aromatic hydroxyl groups is 1. The molecule has 0 fully saturated rings. The number of phenols is 1. The number of carbonyl (C=O) groups excluding carboxylic acids is 1. The van der Waals surface area contributed by atoms with Gasteiger partial charge in [-0.1, -0.05) is 6.92 Å². The van der Waals surface area contributed by atoms with Crippen LogP contribution in [0.2, 0.25) is 0 Å². The number of rotatable bonds is 2. The highest BCUT2D eigenvalue weighted by Gasteiger charge is 2.45. The molecular weight excluding hydrogens is 388 g/mol. The summed E-state index contributed by atoms with van der Waals surface area (Å²) in [6.45, 7) is 1.76. The lowest BCUT2D eigenvalue weighted by molar-refractivity contribution is -0.172. The van der Waals surface area contributed by atoms with E-state index in [1.54, 1.807) is 17.6 Å². The molecule has 9 nitrogen and oxygen atoms in total. The van der Waals surface area contributed by atoms with Crippen molar-refractivity contribution < 1.29 is 19.7 Å². The fourth-order valence-corrected chi connectivity index (χ4v) is 4.24. The first-order valence-corrected chi connectivity index (χ1v) is 9.45. The van der Waals surface area contributed by atoms with E-state index in [9.17, 15) is 19.8 Å². The predicted octanol–water partition coefficient (Wildman–Crippen LogP) is 1.40. The molecule has 2 aliphatic rings. The Morgan fingerprint density at radius 1 is 1.33 bits per heavy atom. The first-order chi connectivity index (χ1) is 14.4. The van der Waals surface area contributed by atoms with Crippen LogP contribution in [0.5, 0.6) is 5.75 Å². The van der Waals surface area contributed by atoms with Crippen molar-refractivity contribution in [3.63, 3.8) is 0 Å². The Kier molecular flexibility index (Phi) is 3.75. The topological polar surface area (TPSA) is 140 Å². The van der Waals surface area contributed by atoms with E-state index < -0.39 is 11.6 Å². The number of aliphatic hydroxyl groups is 1. The van der Waals surface area contributed by atoms with Crippen molar-refractivity contribution >= 4 is 28.9 Å². The number of benzene rings is 1. The first-order valence-electron chi connectivity index (χ1n) is 9.45. The van der Waals surface area contributed by atoms with E-state index in [-0.39, 0.29) is 42.0 Å². The van der Waals surface area contributed by atoms with Crippen LogP contribution in [0.25, 0.3) is 22.3 Å². The minimum Gasteiger partial charge on any atom is -0.508 e. The van der Waals surface area contributed by atoms with Gasteiger partial charge in [-0.3, -0.25) is 4.79 Å². The summed E-state index contributed by atoms with van der Waals surface area (Å²) in [6, 6.07) is 6.49. The summed E-state index contributed by atoms with van der Waals surface area (Å²) in [5.41, 5.74) is 6.54. The number of ether oxygens (including phenoxy) is 1. The Labute approximate surface area is 170 Å². The van der Waals surface area contributed by atoms with Crippen molar-refractivity contribution in [2.45, 2.75) is 32.1 Å². The minimum absolute atomic E-state index is 0.0144. The summed E-state index contributed by atoms with van der Waals surface area (Å²) in [7, 11) is 0.